The largest absolute Gasteiger partial charge is 0.465 e. The Kier molecular flexibility index (Phi) is 4.73. The van der Waals surface area contributed by atoms with Crippen LogP contribution in [0.25, 0.3) is 0 Å². The van der Waals surface area contributed by atoms with Gasteiger partial charge in [-0.15, -0.1) is 0 Å². The summed E-state index contributed by atoms with van der Waals surface area (Å²) in [5, 5.41) is 12.9. The minimum absolute atomic E-state index is 0.115. The Hall–Kier alpha value is -1.79. The van der Waals surface area contributed by atoms with Crippen molar-refractivity contribution in [3.63, 3.8) is 0 Å². The third kappa shape index (κ3) is 3.59. The molecular formula is C17H26N4O2. The molecule has 6 heteroatoms. The van der Waals surface area contributed by atoms with Crippen LogP contribution in [0.4, 0.5) is 10.5 Å². The number of hydrogen-bond acceptors (Lipinski definition) is 4. The van der Waals surface area contributed by atoms with E-state index in [4.69, 9.17) is 0 Å². The molecule has 2 heterocycles. The normalized spacial score (nSPS) is 26.3. The van der Waals surface area contributed by atoms with Gasteiger partial charge in [0.1, 0.15) is 0 Å². The Morgan fingerprint density at radius 2 is 2.00 bits per heavy atom. The Morgan fingerprint density at radius 3 is 2.70 bits per heavy atom. The van der Waals surface area contributed by atoms with Crippen molar-refractivity contribution in [1.82, 2.24) is 15.1 Å². The van der Waals surface area contributed by atoms with Crippen molar-refractivity contribution in [2.45, 2.75) is 19.0 Å². The number of benzene rings is 1. The van der Waals surface area contributed by atoms with Gasteiger partial charge >= 0.3 is 6.09 Å². The summed E-state index contributed by atoms with van der Waals surface area (Å²) in [6.45, 7) is 7.37. The van der Waals surface area contributed by atoms with Crippen LogP contribution in [-0.4, -0.2) is 73.4 Å². The van der Waals surface area contributed by atoms with Crippen LogP contribution in [0.1, 0.15) is 18.5 Å². The molecule has 126 valence electrons. The highest BCUT2D eigenvalue weighted by atomic mass is 16.4. The van der Waals surface area contributed by atoms with Crippen molar-refractivity contribution in [1.29, 1.82) is 0 Å². The zero-order chi connectivity index (χ0) is 16.4. The SMILES string of the molecule is C[C@@H]1CN(C(=O)O)[C@@H](c2cccc(N3CCN(C)CC3)c2)CN1. The first-order valence-corrected chi connectivity index (χ1v) is 8.31. The lowest BCUT2D eigenvalue weighted by Gasteiger charge is -2.38. The zero-order valence-electron chi connectivity index (χ0n) is 13.9. The van der Waals surface area contributed by atoms with Crippen LogP contribution in [0.3, 0.4) is 0 Å². The molecule has 0 aromatic heterocycles. The second-order valence-corrected chi connectivity index (χ2v) is 6.65. The summed E-state index contributed by atoms with van der Waals surface area (Å²) < 4.78 is 0. The number of hydrogen-bond donors (Lipinski definition) is 2. The molecule has 0 unspecified atom stereocenters. The highest BCUT2D eigenvalue weighted by Gasteiger charge is 2.30. The molecule has 0 radical (unpaired) electrons. The van der Waals surface area contributed by atoms with E-state index in [1.165, 1.54) is 5.69 Å². The van der Waals surface area contributed by atoms with Crippen LogP contribution in [0.2, 0.25) is 0 Å². The number of nitrogens with one attached hydrogen (secondary N) is 1. The van der Waals surface area contributed by atoms with Gasteiger partial charge in [-0.25, -0.2) is 4.79 Å². The summed E-state index contributed by atoms with van der Waals surface area (Å²) in [7, 11) is 2.15. The molecule has 1 amide bonds. The zero-order valence-corrected chi connectivity index (χ0v) is 13.9. The first kappa shape index (κ1) is 16.1. The molecule has 2 N–H and O–H groups in total. The van der Waals surface area contributed by atoms with Crippen LogP contribution in [-0.2, 0) is 0 Å². The van der Waals surface area contributed by atoms with Crippen molar-refractivity contribution in [3.8, 4) is 0 Å². The van der Waals surface area contributed by atoms with Crippen LogP contribution in [0, 0.1) is 0 Å². The van der Waals surface area contributed by atoms with Crippen molar-refractivity contribution >= 4 is 11.8 Å². The van der Waals surface area contributed by atoms with Gasteiger partial charge in [0.05, 0.1) is 6.04 Å². The molecule has 0 saturated carbocycles. The van der Waals surface area contributed by atoms with Gasteiger partial charge in [-0.2, -0.15) is 0 Å². The van der Waals surface area contributed by atoms with Gasteiger partial charge in [0.15, 0.2) is 0 Å². The molecule has 2 aliphatic rings. The van der Waals surface area contributed by atoms with Crippen molar-refractivity contribution < 1.29 is 9.90 Å². The predicted molar refractivity (Wildman–Crippen MR) is 91.1 cm³/mol. The van der Waals surface area contributed by atoms with Gasteiger partial charge in [-0.1, -0.05) is 12.1 Å². The van der Waals surface area contributed by atoms with Crippen LogP contribution >= 0.6 is 0 Å². The van der Waals surface area contributed by atoms with E-state index in [9.17, 15) is 9.90 Å². The average molecular weight is 318 g/mol. The predicted octanol–water partition coefficient (Wildman–Crippen LogP) is 1.45. The highest BCUT2D eigenvalue weighted by molar-refractivity contribution is 5.66. The summed E-state index contributed by atoms with van der Waals surface area (Å²) in [6, 6.07) is 8.45. The van der Waals surface area contributed by atoms with Gasteiger partial charge in [0.25, 0.3) is 0 Å². The summed E-state index contributed by atoms with van der Waals surface area (Å²) in [4.78, 5) is 17.9. The van der Waals surface area contributed by atoms with Crippen LogP contribution < -0.4 is 10.2 Å². The number of likely N-dealkylation sites (N-methyl/N-ethyl adjacent to an activating group) is 1. The summed E-state index contributed by atoms with van der Waals surface area (Å²) in [6.07, 6.45) is -0.839. The van der Waals surface area contributed by atoms with E-state index in [2.05, 4.69) is 34.3 Å². The quantitative estimate of drug-likeness (QED) is 0.864. The molecule has 1 aromatic carbocycles. The lowest BCUT2D eigenvalue weighted by atomic mass is 10.0. The molecule has 2 fully saturated rings. The monoisotopic (exact) mass is 318 g/mol. The number of carbonyl (C=O) groups is 1. The van der Waals surface area contributed by atoms with Gasteiger partial charge in [0, 0.05) is 51.0 Å². The number of amides is 1. The number of anilines is 1. The average Bonchev–Trinajstić information content (AvgIpc) is 2.55. The number of rotatable bonds is 2. The smallest absolute Gasteiger partial charge is 0.407 e. The third-order valence-corrected chi connectivity index (χ3v) is 4.88. The molecule has 0 aliphatic carbocycles. The standard InChI is InChI=1S/C17H26N4O2/c1-13-12-21(17(22)23)16(11-18-13)14-4-3-5-15(10-14)20-8-6-19(2)7-9-20/h3-5,10,13,16,18H,6-9,11-12H2,1-2H3,(H,22,23)/t13-,16-/m1/s1. The lowest BCUT2D eigenvalue weighted by Crippen LogP contribution is -2.52. The van der Waals surface area contributed by atoms with E-state index >= 15 is 0 Å². The second-order valence-electron chi connectivity index (χ2n) is 6.65. The molecule has 2 aliphatic heterocycles. The van der Waals surface area contributed by atoms with E-state index in [1.807, 2.05) is 19.1 Å². The van der Waals surface area contributed by atoms with E-state index in [-0.39, 0.29) is 12.1 Å². The van der Waals surface area contributed by atoms with E-state index in [0.29, 0.717) is 13.1 Å². The molecule has 1 aromatic rings. The highest BCUT2D eigenvalue weighted by Crippen LogP contribution is 2.27. The maximum atomic E-state index is 11.6. The summed E-state index contributed by atoms with van der Waals surface area (Å²) in [5.41, 5.74) is 2.27. The van der Waals surface area contributed by atoms with E-state index in [0.717, 1.165) is 31.7 Å². The van der Waals surface area contributed by atoms with Crippen molar-refractivity contribution in [2.75, 3.05) is 51.2 Å². The van der Waals surface area contributed by atoms with Crippen LogP contribution in [0.5, 0.6) is 0 Å². The molecule has 23 heavy (non-hydrogen) atoms. The Morgan fingerprint density at radius 1 is 1.26 bits per heavy atom. The Bertz CT molecular complexity index is 557. The van der Waals surface area contributed by atoms with E-state index < -0.39 is 6.09 Å². The number of nitrogens with zero attached hydrogens (tertiary/aromatic N) is 3. The molecule has 0 bridgehead atoms. The topological polar surface area (TPSA) is 59.1 Å². The maximum absolute atomic E-state index is 11.6. The Balaban J connectivity index is 1.79. The number of piperazine rings is 2. The van der Waals surface area contributed by atoms with E-state index in [1.54, 1.807) is 4.90 Å². The fourth-order valence-electron chi connectivity index (χ4n) is 3.41. The first-order valence-electron chi connectivity index (χ1n) is 8.31. The summed E-state index contributed by atoms with van der Waals surface area (Å²) in [5.74, 6) is 0. The van der Waals surface area contributed by atoms with Gasteiger partial charge in [0.2, 0.25) is 0 Å². The molecule has 0 spiro atoms. The summed E-state index contributed by atoms with van der Waals surface area (Å²) >= 11 is 0. The fraction of sp³-hybridized carbons (Fsp3) is 0.588. The fourth-order valence-corrected chi connectivity index (χ4v) is 3.41. The molecule has 2 saturated heterocycles. The number of carboxylic acid groups (broad SMARTS) is 1. The van der Waals surface area contributed by atoms with Crippen molar-refractivity contribution in [2.24, 2.45) is 0 Å². The minimum atomic E-state index is -0.839. The molecule has 3 rings (SSSR count). The minimum Gasteiger partial charge on any atom is -0.465 e. The van der Waals surface area contributed by atoms with Gasteiger partial charge in [-0.05, 0) is 31.7 Å². The second kappa shape index (κ2) is 6.76. The Labute approximate surface area is 137 Å². The maximum Gasteiger partial charge on any atom is 0.407 e. The van der Waals surface area contributed by atoms with Crippen molar-refractivity contribution in [3.05, 3.63) is 29.8 Å². The van der Waals surface area contributed by atoms with Crippen LogP contribution in [0.15, 0.2) is 24.3 Å². The lowest BCUT2D eigenvalue weighted by molar-refractivity contribution is 0.101. The first-order chi connectivity index (χ1) is 11.0. The molecule has 2 atom stereocenters. The molecular weight excluding hydrogens is 292 g/mol. The van der Waals surface area contributed by atoms with Gasteiger partial charge < -0.3 is 20.2 Å². The third-order valence-electron chi connectivity index (χ3n) is 4.88. The van der Waals surface area contributed by atoms with Gasteiger partial charge in [-0.3, -0.25) is 4.90 Å². The molecule has 6 nitrogen and oxygen atoms in total.